The monoisotopic (exact) mass is 289 g/mol. The average molecular weight is 290 g/mol. The van der Waals surface area contributed by atoms with E-state index in [0.717, 1.165) is 16.9 Å². The Hall–Kier alpha value is -1.18. The van der Waals surface area contributed by atoms with Crippen molar-refractivity contribution in [1.82, 2.24) is 10.2 Å². The quantitative estimate of drug-likeness (QED) is 0.941. The zero-order valence-electron chi connectivity index (χ0n) is 8.71. The number of rotatable bonds is 3. The number of aryl methyl sites for hydroxylation is 1. The van der Waals surface area contributed by atoms with Crippen molar-refractivity contribution in [2.75, 3.05) is 4.72 Å². The van der Waals surface area contributed by atoms with Crippen LogP contribution in [0.2, 0.25) is 4.47 Å². The van der Waals surface area contributed by atoms with Gasteiger partial charge in [0.15, 0.2) is 0 Å². The van der Waals surface area contributed by atoms with E-state index in [4.69, 9.17) is 11.6 Å². The predicted octanol–water partition coefficient (Wildman–Crippen LogP) is 2.30. The molecule has 2 rings (SSSR count). The van der Waals surface area contributed by atoms with Crippen molar-refractivity contribution < 1.29 is 8.42 Å². The maximum atomic E-state index is 11.9. The van der Waals surface area contributed by atoms with Crippen LogP contribution in [-0.2, 0) is 10.0 Å². The van der Waals surface area contributed by atoms with Crippen LogP contribution in [0.5, 0.6) is 0 Å². The fourth-order valence-electron chi connectivity index (χ4n) is 1.14. The zero-order chi connectivity index (χ0) is 12.5. The molecule has 0 unspecified atom stereocenters. The van der Waals surface area contributed by atoms with Gasteiger partial charge < -0.3 is 0 Å². The summed E-state index contributed by atoms with van der Waals surface area (Å²) in [5.74, 6) is 0. The molecule has 0 atom stereocenters. The predicted molar refractivity (Wildman–Crippen MR) is 66.9 cm³/mol. The first-order valence-corrected chi connectivity index (χ1v) is 7.24. The molecule has 5 nitrogen and oxygen atoms in total. The van der Waals surface area contributed by atoms with Crippen molar-refractivity contribution in [1.29, 1.82) is 0 Å². The minimum atomic E-state index is -3.62. The maximum absolute atomic E-state index is 11.9. The van der Waals surface area contributed by atoms with Gasteiger partial charge in [0.25, 0.3) is 10.0 Å². The fraction of sp³-hybridized carbons (Fsp3) is 0.111. The third-order valence-electron chi connectivity index (χ3n) is 1.95. The Labute approximate surface area is 108 Å². The highest BCUT2D eigenvalue weighted by Gasteiger charge is 2.16. The number of halogens is 1. The van der Waals surface area contributed by atoms with Crippen LogP contribution >= 0.6 is 22.9 Å². The SMILES string of the molecule is Cc1ccc(S(=O)(=O)Nc2nnc(Cl)s2)cc1. The van der Waals surface area contributed by atoms with E-state index in [1.54, 1.807) is 12.1 Å². The number of nitrogens with zero attached hydrogens (tertiary/aromatic N) is 2. The minimum absolute atomic E-state index is 0.149. The second-order valence-electron chi connectivity index (χ2n) is 3.28. The molecule has 0 bridgehead atoms. The van der Waals surface area contributed by atoms with Crippen LogP contribution in [-0.4, -0.2) is 18.6 Å². The van der Waals surface area contributed by atoms with Crippen molar-refractivity contribution in [3.63, 3.8) is 0 Å². The highest BCUT2D eigenvalue weighted by Crippen LogP contribution is 2.22. The lowest BCUT2D eigenvalue weighted by atomic mass is 10.2. The average Bonchev–Trinajstić information content (AvgIpc) is 2.63. The number of hydrogen-bond acceptors (Lipinski definition) is 5. The van der Waals surface area contributed by atoms with Crippen LogP contribution in [0.3, 0.4) is 0 Å². The topological polar surface area (TPSA) is 72.0 Å². The Morgan fingerprint density at radius 1 is 1.24 bits per heavy atom. The van der Waals surface area contributed by atoms with Gasteiger partial charge in [-0.15, -0.1) is 10.2 Å². The lowest BCUT2D eigenvalue weighted by Gasteiger charge is -2.04. The lowest BCUT2D eigenvalue weighted by Crippen LogP contribution is -2.12. The van der Waals surface area contributed by atoms with Gasteiger partial charge in [0.2, 0.25) is 9.60 Å². The summed E-state index contributed by atoms with van der Waals surface area (Å²) in [7, 11) is -3.62. The third kappa shape index (κ3) is 2.93. The molecule has 0 aliphatic carbocycles. The third-order valence-corrected chi connectivity index (χ3v) is 4.37. The Balaban J connectivity index is 2.28. The first-order chi connectivity index (χ1) is 7.97. The van der Waals surface area contributed by atoms with Crippen molar-refractivity contribution >= 4 is 38.1 Å². The molecule has 1 aromatic carbocycles. The smallest absolute Gasteiger partial charge is 0.253 e. The van der Waals surface area contributed by atoms with Gasteiger partial charge in [-0.2, -0.15) is 0 Å². The van der Waals surface area contributed by atoms with E-state index in [2.05, 4.69) is 14.9 Å². The Kier molecular flexibility index (Phi) is 3.32. The molecule has 0 aliphatic heterocycles. The molecule has 0 spiro atoms. The lowest BCUT2D eigenvalue weighted by molar-refractivity contribution is 0.601. The molecule has 1 heterocycles. The number of sulfonamides is 1. The summed E-state index contributed by atoms with van der Waals surface area (Å²) in [6, 6.07) is 6.50. The van der Waals surface area contributed by atoms with Gasteiger partial charge in [-0.05, 0) is 30.7 Å². The first kappa shape index (κ1) is 12.3. The van der Waals surface area contributed by atoms with Crippen molar-refractivity contribution in [3.8, 4) is 0 Å². The van der Waals surface area contributed by atoms with E-state index in [0.29, 0.717) is 0 Å². The summed E-state index contributed by atoms with van der Waals surface area (Å²) in [5, 5.41) is 7.25. The van der Waals surface area contributed by atoms with Crippen LogP contribution in [0, 0.1) is 6.92 Å². The van der Waals surface area contributed by atoms with Gasteiger partial charge in [0.05, 0.1) is 4.90 Å². The van der Waals surface area contributed by atoms with E-state index >= 15 is 0 Å². The molecule has 0 fully saturated rings. The van der Waals surface area contributed by atoms with Crippen LogP contribution in [0.1, 0.15) is 5.56 Å². The molecular weight excluding hydrogens is 282 g/mol. The van der Waals surface area contributed by atoms with Gasteiger partial charge in [-0.25, -0.2) is 8.42 Å². The summed E-state index contributed by atoms with van der Waals surface area (Å²) in [5.41, 5.74) is 0.989. The second-order valence-corrected chi connectivity index (χ2v) is 6.52. The van der Waals surface area contributed by atoms with Gasteiger partial charge in [-0.1, -0.05) is 29.0 Å². The van der Waals surface area contributed by atoms with Crippen LogP contribution in [0.4, 0.5) is 5.13 Å². The van der Waals surface area contributed by atoms with Gasteiger partial charge >= 0.3 is 0 Å². The highest BCUT2D eigenvalue weighted by atomic mass is 35.5. The molecule has 0 amide bonds. The molecule has 1 aromatic heterocycles. The van der Waals surface area contributed by atoms with Crippen LogP contribution < -0.4 is 4.72 Å². The summed E-state index contributed by atoms with van der Waals surface area (Å²) in [4.78, 5) is 0.175. The number of aromatic nitrogens is 2. The molecule has 0 radical (unpaired) electrons. The van der Waals surface area contributed by atoms with Gasteiger partial charge in [0.1, 0.15) is 0 Å². The highest BCUT2D eigenvalue weighted by molar-refractivity contribution is 7.93. The normalized spacial score (nSPS) is 11.4. The standard InChI is InChI=1S/C9H8ClN3O2S2/c1-6-2-4-7(5-3-6)17(14,15)13-9-12-11-8(10)16-9/h2-5H,1H3,(H,12,13). The largest absolute Gasteiger partial charge is 0.263 e. The number of anilines is 1. The summed E-state index contributed by atoms with van der Waals surface area (Å²) >= 11 is 6.53. The molecule has 0 saturated carbocycles. The number of nitrogens with one attached hydrogen (secondary N) is 1. The molecule has 0 aliphatic rings. The van der Waals surface area contributed by atoms with E-state index in [9.17, 15) is 8.42 Å². The van der Waals surface area contributed by atoms with E-state index < -0.39 is 10.0 Å². The molecule has 2 aromatic rings. The second kappa shape index (κ2) is 4.59. The van der Waals surface area contributed by atoms with Crippen LogP contribution in [0.15, 0.2) is 29.2 Å². The Morgan fingerprint density at radius 3 is 2.41 bits per heavy atom. The fourth-order valence-corrected chi connectivity index (χ4v) is 3.10. The van der Waals surface area contributed by atoms with E-state index in [-0.39, 0.29) is 14.5 Å². The van der Waals surface area contributed by atoms with E-state index in [1.807, 2.05) is 6.92 Å². The maximum Gasteiger partial charge on any atom is 0.263 e. The number of hydrogen-bond donors (Lipinski definition) is 1. The Morgan fingerprint density at radius 2 is 1.88 bits per heavy atom. The molecule has 1 N–H and O–H groups in total. The molecule has 0 saturated heterocycles. The summed E-state index contributed by atoms with van der Waals surface area (Å²) in [6.45, 7) is 1.88. The molecule has 17 heavy (non-hydrogen) atoms. The Bertz CT molecular complexity index is 622. The van der Waals surface area contributed by atoms with Crippen LogP contribution in [0.25, 0.3) is 0 Å². The van der Waals surface area contributed by atoms with Crippen molar-refractivity contribution in [3.05, 3.63) is 34.3 Å². The summed E-state index contributed by atoms with van der Waals surface area (Å²) in [6.07, 6.45) is 0. The summed E-state index contributed by atoms with van der Waals surface area (Å²) < 4.78 is 26.3. The van der Waals surface area contributed by atoms with Crippen molar-refractivity contribution in [2.45, 2.75) is 11.8 Å². The van der Waals surface area contributed by atoms with Gasteiger partial charge in [0, 0.05) is 0 Å². The number of benzene rings is 1. The van der Waals surface area contributed by atoms with E-state index in [1.165, 1.54) is 12.1 Å². The first-order valence-electron chi connectivity index (χ1n) is 4.56. The van der Waals surface area contributed by atoms with Gasteiger partial charge in [-0.3, -0.25) is 4.72 Å². The molecular formula is C9H8ClN3O2S2. The molecule has 90 valence electrons. The molecule has 8 heteroatoms. The van der Waals surface area contributed by atoms with Crippen molar-refractivity contribution in [2.24, 2.45) is 0 Å². The minimum Gasteiger partial charge on any atom is -0.253 e. The zero-order valence-corrected chi connectivity index (χ0v) is 11.1.